The van der Waals surface area contributed by atoms with Gasteiger partial charge in [-0.1, -0.05) is 25.1 Å². The van der Waals surface area contributed by atoms with Gasteiger partial charge < -0.3 is 9.88 Å². The van der Waals surface area contributed by atoms with Gasteiger partial charge in [0.25, 0.3) is 5.91 Å². The van der Waals surface area contributed by atoms with Crippen LogP contribution in [0.5, 0.6) is 0 Å². The van der Waals surface area contributed by atoms with Crippen molar-refractivity contribution in [3.63, 3.8) is 0 Å². The van der Waals surface area contributed by atoms with Crippen LogP contribution < -0.4 is 0 Å². The highest BCUT2D eigenvalue weighted by molar-refractivity contribution is 5.95. The van der Waals surface area contributed by atoms with Gasteiger partial charge in [-0.2, -0.15) is 26.3 Å². The molecule has 3 rings (SSSR count). The summed E-state index contributed by atoms with van der Waals surface area (Å²) in [6.07, 6.45) is -7.37. The average Bonchev–Trinajstić information content (AvgIpc) is 3.12. The Labute approximate surface area is 174 Å². The summed E-state index contributed by atoms with van der Waals surface area (Å²) in [7, 11) is 1.39. The first-order chi connectivity index (χ1) is 14.4. The maximum absolute atomic E-state index is 13.1. The second kappa shape index (κ2) is 8.28. The summed E-state index contributed by atoms with van der Waals surface area (Å²) in [6.45, 7) is 1.80. The lowest BCUT2D eigenvalue weighted by Crippen LogP contribution is -2.38. The number of hydrogen-bond donors (Lipinski definition) is 1. The molecule has 2 aromatic carbocycles. The summed E-state index contributed by atoms with van der Waals surface area (Å²) >= 11 is 0. The zero-order chi connectivity index (χ0) is 23.0. The van der Waals surface area contributed by atoms with Crippen molar-refractivity contribution in [2.75, 3.05) is 7.05 Å². The maximum Gasteiger partial charge on any atom is 0.416 e. The van der Waals surface area contributed by atoms with E-state index in [1.807, 2.05) is 24.3 Å². The predicted molar refractivity (Wildman–Crippen MR) is 105 cm³/mol. The summed E-state index contributed by atoms with van der Waals surface area (Å²) in [5.74, 6) is -0.900. The van der Waals surface area contributed by atoms with Gasteiger partial charge in [0.15, 0.2) is 0 Å². The third-order valence-corrected chi connectivity index (χ3v) is 5.30. The molecule has 0 aliphatic carbocycles. The zero-order valence-corrected chi connectivity index (χ0v) is 16.7. The minimum atomic E-state index is -5.01. The lowest BCUT2D eigenvalue weighted by molar-refractivity contribution is -0.143. The number of benzene rings is 2. The van der Waals surface area contributed by atoms with Crippen molar-refractivity contribution in [3.8, 4) is 0 Å². The van der Waals surface area contributed by atoms with Crippen LogP contribution in [-0.4, -0.2) is 28.9 Å². The van der Waals surface area contributed by atoms with E-state index in [9.17, 15) is 31.1 Å². The number of nitrogens with one attached hydrogen (secondary N) is 1. The number of para-hydroxylation sites is 1. The fourth-order valence-electron chi connectivity index (χ4n) is 3.56. The Kier molecular flexibility index (Phi) is 6.07. The standard InChI is InChI=1S/C22H20F6N2O/c1-3-17(10-14-12-29-19-7-5-4-6-18(14)19)30(2)20(31)13-8-15(21(23,24)25)11-16(9-13)22(26,27)28/h4-9,11-12,17,29H,3,10H2,1-2H3. The number of carbonyl (C=O) groups is 1. The Morgan fingerprint density at radius 1 is 1.00 bits per heavy atom. The monoisotopic (exact) mass is 442 g/mol. The molecule has 1 unspecified atom stereocenters. The highest BCUT2D eigenvalue weighted by Gasteiger charge is 2.38. The molecule has 0 radical (unpaired) electrons. The maximum atomic E-state index is 13.1. The van der Waals surface area contributed by atoms with E-state index in [0.717, 1.165) is 16.5 Å². The fourth-order valence-corrected chi connectivity index (χ4v) is 3.56. The SMILES string of the molecule is CCC(Cc1c[nH]c2ccccc12)N(C)C(=O)c1cc(C(F)(F)F)cc(C(F)(F)F)c1. The lowest BCUT2D eigenvalue weighted by atomic mass is 10.00. The molecule has 3 aromatic rings. The van der Waals surface area contributed by atoms with Crippen LogP contribution in [0.2, 0.25) is 0 Å². The fraction of sp³-hybridized carbons (Fsp3) is 0.318. The molecular formula is C22H20F6N2O. The number of H-pyrrole nitrogens is 1. The van der Waals surface area contributed by atoms with Gasteiger partial charge in [0.05, 0.1) is 11.1 Å². The van der Waals surface area contributed by atoms with Crippen molar-refractivity contribution in [2.45, 2.75) is 38.2 Å². The molecule has 1 amide bonds. The number of fused-ring (bicyclic) bond motifs is 1. The van der Waals surface area contributed by atoms with Gasteiger partial charge in [-0.15, -0.1) is 0 Å². The highest BCUT2D eigenvalue weighted by atomic mass is 19.4. The summed E-state index contributed by atoms with van der Waals surface area (Å²) in [5.41, 5.74) is -1.87. The number of halogens is 6. The molecule has 1 aromatic heterocycles. The van der Waals surface area contributed by atoms with Crippen molar-refractivity contribution < 1.29 is 31.1 Å². The smallest absolute Gasteiger partial charge is 0.361 e. The number of alkyl halides is 6. The van der Waals surface area contributed by atoms with E-state index in [1.54, 1.807) is 13.1 Å². The number of likely N-dealkylation sites (N-methyl/N-ethyl adjacent to an activating group) is 1. The molecule has 1 atom stereocenters. The van der Waals surface area contributed by atoms with Crippen molar-refractivity contribution in [1.82, 2.24) is 9.88 Å². The van der Waals surface area contributed by atoms with Crippen LogP contribution in [0.25, 0.3) is 10.9 Å². The second-order valence-corrected chi connectivity index (χ2v) is 7.34. The summed E-state index contributed by atoms with van der Waals surface area (Å²) < 4.78 is 78.8. The number of rotatable bonds is 5. The third kappa shape index (κ3) is 4.86. The van der Waals surface area contributed by atoms with Crippen molar-refractivity contribution in [3.05, 3.63) is 70.9 Å². The quantitative estimate of drug-likeness (QED) is 0.463. The molecule has 1 N–H and O–H groups in total. The van der Waals surface area contributed by atoms with Gasteiger partial charge in [-0.05, 0) is 42.7 Å². The van der Waals surface area contributed by atoms with Gasteiger partial charge >= 0.3 is 12.4 Å². The molecule has 0 aliphatic rings. The molecule has 31 heavy (non-hydrogen) atoms. The molecule has 0 saturated carbocycles. The first-order valence-electron chi connectivity index (χ1n) is 9.53. The highest BCUT2D eigenvalue weighted by Crippen LogP contribution is 2.36. The number of amides is 1. The predicted octanol–water partition coefficient (Wildman–Crippen LogP) is 6.30. The van der Waals surface area contributed by atoms with Crippen LogP contribution in [0.15, 0.2) is 48.7 Å². The van der Waals surface area contributed by atoms with Crippen LogP contribution in [-0.2, 0) is 18.8 Å². The van der Waals surface area contributed by atoms with Gasteiger partial charge in [0.2, 0.25) is 0 Å². The minimum Gasteiger partial charge on any atom is -0.361 e. The summed E-state index contributed by atoms with van der Waals surface area (Å²) in [4.78, 5) is 17.2. The van der Waals surface area contributed by atoms with Gasteiger partial charge in [-0.25, -0.2) is 0 Å². The van der Waals surface area contributed by atoms with Gasteiger partial charge in [0.1, 0.15) is 0 Å². The average molecular weight is 442 g/mol. The van der Waals surface area contributed by atoms with E-state index in [4.69, 9.17) is 0 Å². The summed E-state index contributed by atoms with van der Waals surface area (Å²) in [5, 5.41) is 0.945. The van der Waals surface area contributed by atoms with E-state index < -0.39 is 41.0 Å². The first-order valence-corrected chi connectivity index (χ1v) is 9.53. The Bertz CT molecular complexity index is 1050. The van der Waals surface area contributed by atoms with Crippen LogP contribution >= 0.6 is 0 Å². The van der Waals surface area contributed by atoms with E-state index >= 15 is 0 Å². The molecule has 0 saturated heterocycles. The Morgan fingerprint density at radius 3 is 2.13 bits per heavy atom. The van der Waals surface area contributed by atoms with Crippen molar-refractivity contribution >= 4 is 16.8 Å². The van der Waals surface area contributed by atoms with E-state index in [1.165, 1.54) is 11.9 Å². The van der Waals surface area contributed by atoms with E-state index in [2.05, 4.69) is 4.98 Å². The Hall–Kier alpha value is -2.97. The largest absolute Gasteiger partial charge is 0.416 e. The van der Waals surface area contributed by atoms with E-state index in [-0.39, 0.29) is 6.07 Å². The van der Waals surface area contributed by atoms with Crippen LogP contribution in [0.1, 0.15) is 40.4 Å². The number of hydrogen-bond acceptors (Lipinski definition) is 1. The third-order valence-electron chi connectivity index (χ3n) is 5.30. The molecule has 0 aliphatic heterocycles. The molecule has 0 bridgehead atoms. The summed E-state index contributed by atoms with van der Waals surface area (Å²) in [6, 6.07) is 8.03. The number of carbonyl (C=O) groups excluding carboxylic acids is 1. The number of nitrogens with zero attached hydrogens (tertiary/aromatic N) is 1. The minimum absolute atomic E-state index is 0.0139. The van der Waals surface area contributed by atoms with Crippen molar-refractivity contribution in [2.24, 2.45) is 0 Å². The Morgan fingerprint density at radius 2 is 1.58 bits per heavy atom. The lowest BCUT2D eigenvalue weighted by Gasteiger charge is -2.28. The number of aromatic nitrogens is 1. The van der Waals surface area contributed by atoms with Crippen LogP contribution in [0.3, 0.4) is 0 Å². The molecule has 9 heteroatoms. The normalized spacial score (nSPS) is 13.4. The van der Waals surface area contributed by atoms with E-state index in [0.29, 0.717) is 25.0 Å². The Balaban J connectivity index is 1.93. The van der Waals surface area contributed by atoms with Crippen LogP contribution in [0, 0.1) is 0 Å². The molecular weight excluding hydrogens is 422 g/mol. The first kappa shape index (κ1) is 22.7. The van der Waals surface area contributed by atoms with Gasteiger partial charge in [-0.3, -0.25) is 4.79 Å². The number of aromatic amines is 1. The zero-order valence-electron chi connectivity index (χ0n) is 16.7. The van der Waals surface area contributed by atoms with Crippen LogP contribution in [0.4, 0.5) is 26.3 Å². The molecule has 1 heterocycles. The molecule has 0 fully saturated rings. The van der Waals surface area contributed by atoms with Gasteiger partial charge in [0, 0.05) is 35.8 Å². The molecule has 166 valence electrons. The second-order valence-electron chi connectivity index (χ2n) is 7.34. The molecule has 0 spiro atoms. The topological polar surface area (TPSA) is 36.1 Å². The van der Waals surface area contributed by atoms with Crippen molar-refractivity contribution in [1.29, 1.82) is 0 Å². The molecule has 3 nitrogen and oxygen atoms in total.